The van der Waals surface area contributed by atoms with Crippen molar-refractivity contribution in [2.45, 2.75) is 20.0 Å². The molecule has 0 saturated heterocycles. The molecule has 0 aliphatic rings. The lowest BCUT2D eigenvalue weighted by molar-refractivity contribution is 0.0950. The SMILES string of the molecule is CCn1cc(CNC(=O)c2cc(F)cc(Br)c2)cn1. The van der Waals surface area contributed by atoms with Gasteiger partial charge < -0.3 is 5.32 Å². The molecule has 0 atom stereocenters. The van der Waals surface area contributed by atoms with Crippen molar-refractivity contribution in [2.75, 3.05) is 0 Å². The lowest BCUT2D eigenvalue weighted by atomic mass is 10.2. The van der Waals surface area contributed by atoms with Gasteiger partial charge in [-0.15, -0.1) is 0 Å². The Kier molecular flexibility index (Phi) is 4.31. The number of halogens is 2. The molecule has 0 saturated carbocycles. The Hall–Kier alpha value is -1.69. The highest BCUT2D eigenvalue weighted by Gasteiger charge is 2.08. The maximum absolute atomic E-state index is 13.2. The molecule has 1 aromatic carbocycles. The number of aryl methyl sites for hydroxylation is 1. The number of hydrogen-bond donors (Lipinski definition) is 1. The van der Waals surface area contributed by atoms with Gasteiger partial charge in [-0.05, 0) is 25.1 Å². The number of hydrogen-bond acceptors (Lipinski definition) is 2. The standard InChI is InChI=1S/C13H13BrFN3O/c1-2-18-8-9(7-17-18)6-16-13(19)10-3-11(14)5-12(15)4-10/h3-5,7-8H,2,6H2,1H3,(H,16,19). The first-order chi connectivity index (χ1) is 9.08. The van der Waals surface area contributed by atoms with Crippen LogP contribution in [0.3, 0.4) is 0 Å². The van der Waals surface area contributed by atoms with Crippen LogP contribution < -0.4 is 5.32 Å². The van der Waals surface area contributed by atoms with E-state index in [0.29, 0.717) is 11.0 Å². The van der Waals surface area contributed by atoms with Gasteiger partial charge >= 0.3 is 0 Å². The fourth-order valence-electron chi connectivity index (χ4n) is 1.64. The highest BCUT2D eigenvalue weighted by atomic mass is 79.9. The highest BCUT2D eigenvalue weighted by Crippen LogP contribution is 2.14. The lowest BCUT2D eigenvalue weighted by Crippen LogP contribution is -2.22. The van der Waals surface area contributed by atoms with Crippen molar-refractivity contribution < 1.29 is 9.18 Å². The van der Waals surface area contributed by atoms with Gasteiger partial charge in [-0.25, -0.2) is 4.39 Å². The number of carbonyl (C=O) groups is 1. The third-order valence-corrected chi connectivity index (χ3v) is 3.05. The summed E-state index contributed by atoms with van der Waals surface area (Å²) in [5.74, 6) is -0.761. The van der Waals surface area contributed by atoms with E-state index in [4.69, 9.17) is 0 Å². The van der Waals surface area contributed by atoms with E-state index in [9.17, 15) is 9.18 Å². The van der Waals surface area contributed by atoms with E-state index in [1.54, 1.807) is 16.9 Å². The first-order valence-corrected chi connectivity index (χ1v) is 6.63. The van der Waals surface area contributed by atoms with Crippen molar-refractivity contribution in [1.29, 1.82) is 0 Å². The average molecular weight is 326 g/mol. The Bertz CT molecular complexity index is 577. The number of carbonyl (C=O) groups excluding carboxylic acids is 1. The van der Waals surface area contributed by atoms with E-state index in [1.807, 2.05) is 13.1 Å². The van der Waals surface area contributed by atoms with Gasteiger partial charge in [0.2, 0.25) is 0 Å². The largest absolute Gasteiger partial charge is 0.348 e. The molecule has 4 nitrogen and oxygen atoms in total. The van der Waals surface area contributed by atoms with Crippen LogP contribution >= 0.6 is 15.9 Å². The zero-order valence-electron chi connectivity index (χ0n) is 10.4. The Balaban J connectivity index is 2.00. The maximum Gasteiger partial charge on any atom is 0.251 e. The molecule has 2 rings (SSSR count). The summed E-state index contributed by atoms with van der Waals surface area (Å²) in [7, 11) is 0. The van der Waals surface area contributed by atoms with Gasteiger partial charge in [-0.3, -0.25) is 9.48 Å². The van der Waals surface area contributed by atoms with Crippen molar-refractivity contribution >= 4 is 21.8 Å². The van der Waals surface area contributed by atoms with Gasteiger partial charge in [0.1, 0.15) is 5.82 Å². The van der Waals surface area contributed by atoms with Gasteiger partial charge in [0.25, 0.3) is 5.91 Å². The molecule has 0 aliphatic carbocycles. The predicted octanol–water partition coefficient (Wildman–Crippen LogP) is 2.73. The molecule has 0 aliphatic heterocycles. The second-order valence-corrected chi connectivity index (χ2v) is 4.96. The fourth-order valence-corrected chi connectivity index (χ4v) is 2.11. The quantitative estimate of drug-likeness (QED) is 0.939. The van der Waals surface area contributed by atoms with Crippen LogP contribution in [0.4, 0.5) is 4.39 Å². The Morgan fingerprint density at radius 3 is 2.89 bits per heavy atom. The smallest absolute Gasteiger partial charge is 0.251 e. The van der Waals surface area contributed by atoms with Crippen molar-refractivity contribution in [1.82, 2.24) is 15.1 Å². The van der Waals surface area contributed by atoms with Crippen LogP contribution in [0.2, 0.25) is 0 Å². The molecule has 0 unspecified atom stereocenters. The minimum Gasteiger partial charge on any atom is -0.348 e. The molecule has 1 N–H and O–H groups in total. The number of aromatic nitrogens is 2. The molecular weight excluding hydrogens is 313 g/mol. The topological polar surface area (TPSA) is 46.9 Å². The van der Waals surface area contributed by atoms with Crippen LogP contribution in [0.1, 0.15) is 22.8 Å². The van der Waals surface area contributed by atoms with Gasteiger partial charge in [-0.1, -0.05) is 15.9 Å². The van der Waals surface area contributed by atoms with Gasteiger partial charge in [0, 0.05) is 34.9 Å². The Morgan fingerprint density at radius 1 is 1.47 bits per heavy atom. The first-order valence-electron chi connectivity index (χ1n) is 5.84. The number of rotatable bonds is 4. The lowest BCUT2D eigenvalue weighted by Gasteiger charge is -2.04. The molecule has 1 heterocycles. The summed E-state index contributed by atoms with van der Waals surface area (Å²) < 4.78 is 15.5. The van der Waals surface area contributed by atoms with Crippen LogP contribution in [0, 0.1) is 5.82 Å². The molecule has 0 spiro atoms. The Morgan fingerprint density at radius 2 is 2.26 bits per heavy atom. The maximum atomic E-state index is 13.2. The third kappa shape index (κ3) is 3.64. The van der Waals surface area contributed by atoms with Gasteiger partial charge in [-0.2, -0.15) is 5.10 Å². The van der Waals surface area contributed by atoms with Crippen LogP contribution in [0.5, 0.6) is 0 Å². The molecule has 0 bridgehead atoms. The van der Waals surface area contributed by atoms with Gasteiger partial charge in [0.05, 0.1) is 6.20 Å². The normalized spacial score (nSPS) is 10.5. The molecule has 1 amide bonds. The van der Waals surface area contributed by atoms with Crippen LogP contribution in [-0.2, 0) is 13.1 Å². The molecule has 2 aromatic rings. The second-order valence-electron chi connectivity index (χ2n) is 4.05. The summed E-state index contributed by atoms with van der Waals surface area (Å²) in [6.07, 6.45) is 3.56. The van der Waals surface area contributed by atoms with Crippen LogP contribution in [0.15, 0.2) is 35.1 Å². The van der Waals surface area contributed by atoms with Crippen molar-refractivity contribution in [2.24, 2.45) is 0 Å². The number of amides is 1. The van der Waals surface area contributed by atoms with E-state index in [2.05, 4.69) is 26.3 Å². The molecule has 0 fully saturated rings. The van der Waals surface area contributed by atoms with E-state index >= 15 is 0 Å². The van der Waals surface area contributed by atoms with Gasteiger partial charge in [0.15, 0.2) is 0 Å². The van der Waals surface area contributed by atoms with E-state index in [-0.39, 0.29) is 11.5 Å². The molecule has 6 heteroatoms. The summed E-state index contributed by atoms with van der Waals surface area (Å²) in [6, 6.07) is 4.09. The van der Waals surface area contributed by atoms with Crippen LogP contribution in [-0.4, -0.2) is 15.7 Å². The van der Waals surface area contributed by atoms with Crippen molar-refractivity contribution in [3.8, 4) is 0 Å². The van der Waals surface area contributed by atoms with E-state index in [1.165, 1.54) is 12.1 Å². The summed E-state index contributed by atoms with van der Waals surface area (Å²) in [4.78, 5) is 11.9. The van der Waals surface area contributed by atoms with E-state index in [0.717, 1.165) is 12.1 Å². The van der Waals surface area contributed by atoms with Crippen molar-refractivity contribution in [3.63, 3.8) is 0 Å². The zero-order chi connectivity index (χ0) is 13.8. The Labute approximate surface area is 118 Å². The minimum absolute atomic E-state index is 0.287. The average Bonchev–Trinajstić information content (AvgIpc) is 2.82. The van der Waals surface area contributed by atoms with E-state index < -0.39 is 5.82 Å². The highest BCUT2D eigenvalue weighted by molar-refractivity contribution is 9.10. The predicted molar refractivity (Wildman–Crippen MR) is 73.2 cm³/mol. The first kappa shape index (κ1) is 13.7. The number of benzene rings is 1. The molecule has 100 valence electrons. The summed E-state index contributed by atoms with van der Waals surface area (Å²) in [5.41, 5.74) is 1.19. The minimum atomic E-state index is -0.446. The summed E-state index contributed by atoms with van der Waals surface area (Å²) in [6.45, 7) is 3.14. The molecule has 1 aromatic heterocycles. The number of nitrogens with zero attached hydrogens (tertiary/aromatic N) is 2. The number of nitrogens with one attached hydrogen (secondary N) is 1. The summed E-state index contributed by atoms with van der Waals surface area (Å²) >= 11 is 3.16. The molecular formula is C13H13BrFN3O. The van der Waals surface area contributed by atoms with Crippen molar-refractivity contribution in [3.05, 3.63) is 52.0 Å². The second kappa shape index (κ2) is 5.97. The monoisotopic (exact) mass is 325 g/mol. The zero-order valence-corrected chi connectivity index (χ0v) is 11.9. The fraction of sp³-hybridized carbons (Fsp3) is 0.231. The van der Waals surface area contributed by atoms with Crippen LogP contribution in [0.25, 0.3) is 0 Å². The summed E-state index contributed by atoms with van der Waals surface area (Å²) in [5, 5.41) is 6.84. The molecule has 19 heavy (non-hydrogen) atoms. The third-order valence-electron chi connectivity index (χ3n) is 2.59. The molecule has 0 radical (unpaired) electrons.